The molecular formula is C10H10F2O2. The largest absolute Gasteiger partial charge is 0.482 e. The Labute approximate surface area is 80.1 Å². The Morgan fingerprint density at radius 2 is 2.07 bits per heavy atom. The molecule has 0 spiro atoms. The highest BCUT2D eigenvalue weighted by molar-refractivity contribution is 5.26. The van der Waals surface area contributed by atoms with Gasteiger partial charge in [0.2, 0.25) is 0 Å². The van der Waals surface area contributed by atoms with Crippen molar-refractivity contribution in [2.45, 2.75) is 18.4 Å². The molecule has 0 heterocycles. The van der Waals surface area contributed by atoms with Crippen LogP contribution in [0.5, 0.6) is 5.75 Å². The summed E-state index contributed by atoms with van der Waals surface area (Å²) in [5.41, 5.74) is -0.626. The zero-order chi connectivity index (χ0) is 10.2. The van der Waals surface area contributed by atoms with Crippen LogP contribution in [0.25, 0.3) is 0 Å². The van der Waals surface area contributed by atoms with Gasteiger partial charge < -0.3 is 9.84 Å². The first-order chi connectivity index (χ1) is 6.65. The van der Waals surface area contributed by atoms with Crippen molar-refractivity contribution in [1.82, 2.24) is 0 Å². The van der Waals surface area contributed by atoms with Gasteiger partial charge in [-0.2, -0.15) is 0 Å². The topological polar surface area (TPSA) is 29.5 Å². The van der Waals surface area contributed by atoms with E-state index in [9.17, 15) is 8.78 Å². The van der Waals surface area contributed by atoms with Gasteiger partial charge in [0.1, 0.15) is 11.4 Å². The lowest BCUT2D eigenvalue weighted by Crippen LogP contribution is -2.23. The summed E-state index contributed by atoms with van der Waals surface area (Å²) < 4.78 is 30.9. The third-order valence-corrected chi connectivity index (χ3v) is 2.32. The van der Waals surface area contributed by atoms with Crippen molar-refractivity contribution in [2.24, 2.45) is 0 Å². The van der Waals surface area contributed by atoms with Gasteiger partial charge in [-0.1, -0.05) is 0 Å². The van der Waals surface area contributed by atoms with E-state index in [2.05, 4.69) is 0 Å². The van der Waals surface area contributed by atoms with E-state index in [1.165, 1.54) is 6.07 Å². The van der Waals surface area contributed by atoms with Crippen LogP contribution in [0.3, 0.4) is 0 Å². The van der Waals surface area contributed by atoms with Gasteiger partial charge in [0, 0.05) is 6.07 Å². The number of benzene rings is 1. The second kappa shape index (κ2) is 3.20. The molecule has 1 aromatic rings. The quantitative estimate of drug-likeness (QED) is 0.807. The van der Waals surface area contributed by atoms with Crippen LogP contribution >= 0.6 is 0 Å². The maximum Gasteiger partial charge on any atom is 0.168 e. The van der Waals surface area contributed by atoms with E-state index in [1.807, 2.05) is 0 Å². The fourth-order valence-corrected chi connectivity index (χ4v) is 1.22. The van der Waals surface area contributed by atoms with Gasteiger partial charge in [0.25, 0.3) is 0 Å². The summed E-state index contributed by atoms with van der Waals surface area (Å²) >= 11 is 0. The van der Waals surface area contributed by atoms with E-state index >= 15 is 0 Å². The summed E-state index contributed by atoms with van der Waals surface area (Å²) in [7, 11) is 0. The lowest BCUT2D eigenvalue weighted by atomic mass is 10.3. The van der Waals surface area contributed by atoms with E-state index < -0.39 is 17.2 Å². The van der Waals surface area contributed by atoms with Crippen molar-refractivity contribution in [1.29, 1.82) is 0 Å². The molecule has 0 saturated heterocycles. The predicted molar refractivity (Wildman–Crippen MR) is 46.0 cm³/mol. The number of ether oxygens (including phenoxy) is 1. The molecule has 4 heteroatoms. The average Bonchev–Trinajstić information content (AvgIpc) is 2.91. The summed E-state index contributed by atoms with van der Waals surface area (Å²) in [6, 6.07) is 3.13. The summed E-state index contributed by atoms with van der Waals surface area (Å²) in [5.74, 6) is -1.37. The van der Waals surface area contributed by atoms with E-state index in [4.69, 9.17) is 9.84 Å². The van der Waals surface area contributed by atoms with Crippen LogP contribution in [0.4, 0.5) is 8.78 Å². The monoisotopic (exact) mass is 200 g/mol. The fraction of sp³-hybridized carbons (Fsp3) is 0.400. The molecular weight excluding hydrogens is 190 g/mol. The number of hydrogen-bond donors (Lipinski definition) is 1. The minimum Gasteiger partial charge on any atom is -0.482 e. The van der Waals surface area contributed by atoms with E-state index in [-0.39, 0.29) is 12.4 Å². The number of aliphatic hydroxyl groups excluding tert-OH is 1. The number of hydrogen-bond acceptors (Lipinski definition) is 2. The predicted octanol–water partition coefficient (Wildman–Crippen LogP) is 1.87. The molecule has 0 radical (unpaired) electrons. The van der Waals surface area contributed by atoms with Gasteiger partial charge in [0.05, 0.1) is 6.61 Å². The van der Waals surface area contributed by atoms with Crippen molar-refractivity contribution in [2.75, 3.05) is 6.61 Å². The Balaban J connectivity index is 2.17. The molecule has 1 aliphatic rings. The summed E-state index contributed by atoms with van der Waals surface area (Å²) in [6.45, 7) is -0.135. The number of rotatable bonds is 3. The average molecular weight is 200 g/mol. The van der Waals surface area contributed by atoms with Crippen molar-refractivity contribution in [3.8, 4) is 5.75 Å². The standard InChI is InChI=1S/C10H10F2O2/c11-7-1-2-9(8(12)5-7)14-10(6-13)3-4-10/h1-2,5,13H,3-4,6H2. The summed E-state index contributed by atoms with van der Waals surface area (Å²) in [6.07, 6.45) is 1.42. The van der Waals surface area contributed by atoms with Crippen LogP contribution in [-0.2, 0) is 0 Å². The highest BCUT2D eigenvalue weighted by Gasteiger charge is 2.45. The van der Waals surface area contributed by atoms with E-state index in [1.54, 1.807) is 0 Å². The Morgan fingerprint density at radius 3 is 2.57 bits per heavy atom. The molecule has 2 rings (SSSR count). The molecule has 0 aromatic heterocycles. The van der Waals surface area contributed by atoms with Crippen LogP contribution in [0.1, 0.15) is 12.8 Å². The Hall–Kier alpha value is -1.16. The molecule has 0 unspecified atom stereocenters. The fourth-order valence-electron chi connectivity index (χ4n) is 1.22. The highest BCUT2D eigenvalue weighted by Crippen LogP contribution is 2.40. The molecule has 0 atom stereocenters. The van der Waals surface area contributed by atoms with Gasteiger partial charge in [-0.25, -0.2) is 8.78 Å². The summed E-state index contributed by atoms with van der Waals surface area (Å²) in [4.78, 5) is 0. The Morgan fingerprint density at radius 1 is 1.36 bits per heavy atom. The van der Waals surface area contributed by atoms with Crippen molar-refractivity contribution in [3.63, 3.8) is 0 Å². The van der Waals surface area contributed by atoms with E-state index in [0.29, 0.717) is 12.8 Å². The minimum atomic E-state index is -0.732. The van der Waals surface area contributed by atoms with Crippen molar-refractivity contribution in [3.05, 3.63) is 29.8 Å². The molecule has 76 valence electrons. The van der Waals surface area contributed by atoms with Crippen LogP contribution in [-0.4, -0.2) is 17.3 Å². The number of halogens is 2. The molecule has 1 aromatic carbocycles. The van der Waals surface area contributed by atoms with Crippen LogP contribution in [0, 0.1) is 11.6 Å². The van der Waals surface area contributed by atoms with Gasteiger partial charge in [-0.3, -0.25) is 0 Å². The van der Waals surface area contributed by atoms with Crippen LogP contribution in [0.2, 0.25) is 0 Å². The highest BCUT2D eigenvalue weighted by atomic mass is 19.1. The lowest BCUT2D eigenvalue weighted by Gasteiger charge is -2.15. The molecule has 0 amide bonds. The second-order valence-corrected chi connectivity index (χ2v) is 3.52. The first-order valence-electron chi connectivity index (χ1n) is 4.40. The third-order valence-electron chi connectivity index (χ3n) is 2.32. The molecule has 14 heavy (non-hydrogen) atoms. The van der Waals surface area contributed by atoms with Crippen molar-refractivity contribution < 1.29 is 18.6 Å². The Bertz CT molecular complexity index is 348. The molecule has 1 aliphatic carbocycles. The maximum absolute atomic E-state index is 13.1. The number of aliphatic hydroxyl groups is 1. The SMILES string of the molecule is OCC1(Oc2ccc(F)cc2F)CC1. The molecule has 1 N–H and O–H groups in total. The van der Waals surface area contributed by atoms with Gasteiger partial charge in [0.15, 0.2) is 11.6 Å². The van der Waals surface area contributed by atoms with Crippen molar-refractivity contribution >= 4 is 0 Å². The molecule has 1 saturated carbocycles. The van der Waals surface area contributed by atoms with Gasteiger partial charge in [-0.15, -0.1) is 0 Å². The molecule has 2 nitrogen and oxygen atoms in total. The molecule has 0 aliphatic heterocycles. The van der Waals surface area contributed by atoms with Crippen LogP contribution < -0.4 is 4.74 Å². The van der Waals surface area contributed by atoms with Gasteiger partial charge >= 0.3 is 0 Å². The first kappa shape index (κ1) is 9.40. The lowest BCUT2D eigenvalue weighted by molar-refractivity contribution is 0.0912. The summed E-state index contributed by atoms with van der Waals surface area (Å²) in [5, 5.41) is 8.94. The molecule has 0 bridgehead atoms. The zero-order valence-corrected chi connectivity index (χ0v) is 7.46. The first-order valence-corrected chi connectivity index (χ1v) is 4.40. The third kappa shape index (κ3) is 1.70. The van der Waals surface area contributed by atoms with Gasteiger partial charge in [-0.05, 0) is 25.0 Å². The molecule has 1 fully saturated rings. The zero-order valence-electron chi connectivity index (χ0n) is 7.46. The Kier molecular flexibility index (Phi) is 2.15. The van der Waals surface area contributed by atoms with E-state index in [0.717, 1.165) is 12.1 Å². The maximum atomic E-state index is 13.1. The normalized spacial score (nSPS) is 17.9. The minimum absolute atomic E-state index is 0.00190. The smallest absolute Gasteiger partial charge is 0.168 e. The second-order valence-electron chi connectivity index (χ2n) is 3.52. The van der Waals surface area contributed by atoms with Crippen LogP contribution in [0.15, 0.2) is 18.2 Å².